The minimum Gasteiger partial charge on any atom is -0.394 e. The van der Waals surface area contributed by atoms with Crippen molar-refractivity contribution >= 4 is 10.4 Å². The van der Waals surface area contributed by atoms with Gasteiger partial charge < -0.3 is 75.1 Å². The van der Waals surface area contributed by atoms with Gasteiger partial charge in [0.05, 0.1) is 19.8 Å². The summed E-state index contributed by atoms with van der Waals surface area (Å²) in [6.07, 6.45) is -22.3. The Balaban J connectivity index is 1.77. The number of fused-ring (bicyclic) bond motifs is 1. The molecule has 0 amide bonds. The Labute approximate surface area is 224 Å². The van der Waals surface area contributed by atoms with Gasteiger partial charge in [0.2, 0.25) is 5.79 Å². The molecule has 4 rings (SSSR count). The van der Waals surface area contributed by atoms with Gasteiger partial charge in [0, 0.05) is 0 Å². The zero-order valence-corrected chi connectivity index (χ0v) is 20.9. The van der Waals surface area contributed by atoms with E-state index in [1.54, 1.807) is 0 Å². The van der Waals surface area contributed by atoms with Crippen molar-refractivity contribution in [2.75, 3.05) is 26.4 Å². The second-order valence-corrected chi connectivity index (χ2v) is 10.4. The van der Waals surface area contributed by atoms with Gasteiger partial charge in [-0.2, -0.15) is 17.5 Å². The summed E-state index contributed by atoms with van der Waals surface area (Å²) in [6.45, 7) is -4.58. The Bertz CT molecular complexity index is 998. The summed E-state index contributed by atoms with van der Waals surface area (Å²) >= 11 is 0. The summed E-state index contributed by atoms with van der Waals surface area (Å²) in [5, 5.41) is 112. The molecule has 0 aromatic carbocycles. The molecular formula is C18H30O21S. The molecule has 4 aliphatic rings. The Hall–Kier alpha value is -0.810. The monoisotopic (exact) mass is 614 g/mol. The molecule has 4 fully saturated rings. The molecule has 0 bridgehead atoms. The molecule has 0 radical (unpaired) electrons. The molecule has 0 unspecified atom stereocenters. The highest BCUT2D eigenvalue weighted by atomic mass is 32.3. The third-order valence-corrected chi connectivity index (χ3v) is 7.46. The van der Waals surface area contributed by atoms with Crippen LogP contribution in [0, 0.1) is 0 Å². The largest absolute Gasteiger partial charge is 0.431 e. The number of aliphatic hydroxyl groups excluding tert-OH is 10. The first-order valence-corrected chi connectivity index (χ1v) is 12.9. The van der Waals surface area contributed by atoms with Crippen LogP contribution in [0.2, 0.25) is 0 Å². The third kappa shape index (κ3) is 5.05. The van der Waals surface area contributed by atoms with E-state index in [-0.39, 0.29) is 0 Å². The molecule has 234 valence electrons. The minimum absolute atomic E-state index is 0.898. The van der Waals surface area contributed by atoms with Gasteiger partial charge >= 0.3 is 22.2 Å². The van der Waals surface area contributed by atoms with Crippen LogP contribution in [0.1, 0.15) is 0 Å². The van der Waals surface area contributed by atoms with Crippen molar-refractivity contribution < 1.29 is 102 Å². The molecule has 0 aliphatic carbocycles. The molecule has 0 saturated carbocycles. The van der Waals surface area contributed by atoms with E-state index in [1.807, 2.05) is 0 Å². The zero-order chi connectivity index (χ0) is 29.8. The molecule has 0 aromatic heterocycles. The summed E-state index contributed by atoms with van der Waals surface area (Å²) in [5.74, 6) is -10.4. The molecule has 21 nitrogen and oxygen atoms in total. The number of hydrogen-bond donors (Lipinski definition) is 11. The van der Waals surface area contributed by atoms with Crippen LogP contribution in [0.3, 0.4) is 0 Å². The topological polar surface area (TPSA) is 331 Å². The van der Waals surface area contributed by atoms with Gasteiger partial charge in [-0.1, -0.05) is 4.33 Å². The molecule has 22 heteroatoms. The van der Waals surface area contributed by atoms with E-state index >= 15 is 0 Å². The number of aliphatic hydroxyl groups is 11. The van der Waals surface area contributed by atoms with Crippen LogP contribution in [-0.2, 0) is 47.5 Å². The van der Waals surface area contributed by atoms with Gasteiger partial charge in [0.15, 0.2) is 6.29 Å². The average Bonchev–Trinajstić information content (AvgIpc) is 3.18. The Morgan fingerprint density at radius 2 is 1.35 bits per heavy atom. The quantitative estimate of drug-likeness (QED) is 0.113. The van der Waals surface area contributed by atoms with Crippen LogP contribution in [0.25, 0.3) is 0 Å². The lowest BCUT2D eigenvalue weighted by Gasteiger charge is -2.54. The minimum atomic E-state index is -5.36. The lowest BCUT2D eigenvalue weighted by molar-refractivity contribution is -0.600. The van der Waals surface area contributed by atoms with Crippen molar-refractivity contribution in [2.24, 2.45) is 0 Å². The average molecular weight is 614 g/mol. The van der Waals surface area contributed by atoms with Crippen LogP contribution < -0.4 is 0 Å². The third-order valence-electron chi connectivity index (χ3n) is 6.80. The maximum Gasteiger partial charge on any atom is 0.431 e. The van der Waals surface area contributed by atoms with Crippen molar-refractivity contribution in [3.8, 4) is 0 Å². The predicted molar refractivity (Wildman–Crippen MR) is 111 cm³/mol. The summed E-state index contributed by atoms with van der Waals surface area (Å²) in [4.78, 5) is 4.36. The first kappa shape index (κ1) is 32.1. The van der Waals surface area contributed by atoms with Crippen molar-refractivity contribution in [1.82, 2.24) is 0 Å². The number of ether oxygens (including phenoxy) is 5. The smallest absolute Gasteiger partial charge is 0.394 e. The molecule has 4 aliphatic heterocycles. The van der Waals surface area contributed by atoms with Crippen molar-refractivity contribution in [3.05, 3.63) is 0 Å². The summed E-state index contributed by atoms with van der Waals surface area (Å²) in [5.41, 5.74) is 0. The van der Waals surface area contributed by atoms with Gasteiger partial charge in [-0.25, -0.2) is 0 Å². The van der Waals surface area contributed by atoms with Crippen molar-refractivity contribution in [1.29, 1.82) is 0 Å². The molecule has 11 N–H and O–H groups in total. The summed E-state index contributed by atoms with van der Waals surface area (Å²) in [6, 6.07) is 0. The highest BCUT2D eigenvalue weighted by molar-refractivity contribution is 7.81. The van der Waals surface area contributed by atoms with Crippen LogP contribution in [0.5, 0.6) is 0 Å². The SMILES string of the molecule is O=S1(=O)OO[C@]2(O)[C@@H](O)[C@H](O)[C@@H](CO)O[C@]2(O[C@]2(CO)O[C@H](CO)[C@H](O)[C@@H]2O[C@H]2O[C@H](CO)[C@@H](O)[C@H](O)[C@H]2O)O1. The first-order chi connectivity index (χ1) is 18.6. The van der Waals surface area contributed by atoms with Gasteiger partial charge in [-0.15, -0.1) is 0 Å². The Kier molecular flexibility index (Phi) is 9.12. The van der Waals surface area contributed by atoms with Gasteiger partial charge in [0.1, 0.15) is 67.6 Å². The van der Waals surface area contributed by atoms with Crippen LogP contribution in [0.15, 0.2) is 0 Å². The Morgan fingerprint density at radius 1 is 0.750 bits per heavy atom. The second kappa shape index (κ2) is 11.4. The van der Waals surface area contributed by atoms with Crippen molar-refractivity contribution in [2.45, 2.75) is 84.9 Å². The maximum absolute atomic E-state index is 12.2. The highest BCUT2D eigenvalue weighted by Crippen LogP contribution is 2.50. The molecule has 4 saturated heterocycles. The van der Waals surface area contributed by atoms with Gasteiger partial charge in [-0.05, 0) is 0 Å². The van der Waals surface area contributed by atoms with E-state index in [0.717, 1.165) is 0 Å². The predicted octanol–water partition coefficient (Wildman–Crippen LogP) is -8.69. The molecular weight excluding hydrogens is 584 g/mol. The second-order valence-electron chi connectivity index (χ2n) is 9.33. The summed E-state index contributed by atoms with van der Waals surface area (Å²) < 4.78 is 59.5. The molecule has 0 spiro atoms. The van der Waals surface area contributed by atoms with E-state index in [4.69, 9.17) is 23.7 Å². The van der Waals surface area contributed by atoms with Crippen LogP contribution in [-0.4, -0.2) is 176 Å². The van der Waals surface area contributed by atoms with Crippen LogP contribution >= 0.6 is 0 Å². The lowest BCUT2D eigenvalue weighted by Crippen LogP contribution is -2.79. The van der Waals surface area contributed by atoms with Crippen LogP contribution in [0.4, 0.5) is 0 Å². The maximum atomic E-state index is 12.2. The first-order valence-electron chi connectivity index (χ1n) is 11.6. The molecule has 14 atom stereocenters. The van der Waals surface area contributed by atoms with Gasteiger partial charge in [0.25, 0.3) is 0 Å². The molecule has 4 heterocycles. The van der Waals surface area contributed by atoms with E-state index in [9.17, 15) is 64.6 Å². The van der Waals surface area contributed by atoms with Crippen molar-refractivity contribution in [3.63, 3.8) is 0 Å². The van der Waals surface area contributed by atoms with E-state index in [2.05, 4.69) is 13.4 Å². The van der Waals surface area contributed by atoms with E-state index in [1.165, 1.54) is 0 Å². The fourth-order valence-electron chi connectivity index (χ4n) is 4.62. The number of rotatable bonds is 8. The van der Waals surface area contributed by atoms with E-state index in [0.29, 0.717) is 0 Å². The fourth-order valence-corrected chi connectivity index (χ4v) is 5.30. The summed E-state index contributed by atoms with van der Waals surface area (Å²) in [7, 11) is -5.36. The molecule has 40 heavy (non-hydrogen) atoms. The lowest BCUT2D eigenvalue weighted by atomic mass is 9.94. The van der Waals surface area contributed by atoms with E-state index < -0.39 is 122 Å². The normalized spacial score (nSPS) is 52.8. The fraction of sp³-hybridized carbons (Fsp3) is 1.00. The zero-order valence-electron chi connectivity index (χ0n) is 20.1. The molecule has 0 aromatic rings. The Morgan fingerprint density at radius 3 is 1.93 bits per heavy atom. The highest BCUT2D eigenvalue weighted by Gasteiger charge is 2.77. The standard InChI is InChI=1S/C18H30O21S/c19-1-5-8(23)11(26)12(27)15(32-5)33-14-10(25)7(3-21)34-16(14,4-22)36-18-17(29,37-39-40(30,31)38-18)13(28)9(24)6(2-20)35-18/h5-15,19-29H,1-4H2/t5-,6-,7-,8-,9-,10+,11+,12-,13+,14+,15-,16+,17-,18-/m1/s1. The van der Waals surface area contributed by atoms with Gasteiger partial charge in [-0.3, -0.25) is 4.74 Å². The number of hydrogen-bond acceptors (Lipinski definition) is 21.